The van der Waals surface area contributed by atoms with E-state index in [9.17, 15) is 4.79 Å². The zero-order valence-corrected chi connectivity index (χ0v) is 11.4. The number of hydrogen-bond donors (Lipinski definition) is 2. The molecule has 0 saturated carbocycles. The summed E-state index contributed by atoms with van der Waals surface area (Å²) >= 11 is 0. The van der Waals surface area contributed by atoms with Crippen LogP contribution in [0.4, 0.5) is 11.4 Å². The molecule has 19 heavy (non-hydrogen) atoms. The first-order valence-electron chi connectivity index (χ1n) is 6.40. The van der Waals surface area contributed by atoms with Crippen molar-refractivity contribution in [1.29, 1.82) is 0 Å². The third-order valence-electron chi connectivity index (χ3n) is 3.44. The van der Waals surface area contributed by atoms with Crippen LogP contribution in [0.3, 0.4) is 0 Å². The average Bonchev–Trinajstić information content (AvgIpc) is 2.83. The summed E-state index contributed by atoms with van der Waals surface area (Å²) in [6.45, 7) is 3.46. The number of nitrogens with one attached hydrogen (secondary N) is 1. The van der Waals surface area contributed by atoms with Crippen LogP contribution in [-0.2, 0) is 9.47 Å². The Balaban J connectivity index is 2.17. The maximum Gasteiger partial charge on any atom is 0.340 e. The highest BCUT2D eigenvalue weighted by atomic mass is 16.5. The van der Waals surface area contributed by atoms with Crippen LogP contribution in [0.1, 0.15) is 30.1 Å². The molecule has 2 rings (SSSR count). The summed E-state index contributed by atoms with van der Waals surface area (Å²) in [4.78, 5) is 11.7. The monoisotopic (exact) mass is 264 g/mol. The van der Waals surface area contributed by atoms with E-state index in [1.165, 1.54) is 7.11 Å². The molecular formula is C14H20N2O3. The maximum atomic E-state index is 11.7. The molecule has 1 unspecified atom stereocenters. The molecule has 1 fully saturated rings. The first kappa shape index (κ1) is 13.7. The van der Waals surface area contributed by atoms with Crippen molar-refractivity contribution in [3.63, 3.8) is 0 Å². The molecule has 0 aliphatic carbocycles. The second kappa shape index (κ2) is 5.48. The molecule has 1 saturated heterocycles. The van der Waals surface area contributed by atoms with Crippen molar-refractivity contribution in [2.75, 3.05) is 31.3 Å². The molecule has 104 valence electrons. The molecule has 0 bridgehead atoms. The van der Waals surface area contributed by atoms with Gasteiger partial charge in [0.25, 0.3) is 0 Å². The SMILES string of the molecule is COC(=O)c1cccc(N)c1NCC1(C)CCCO1. The van der Waals surface area contributed by atoms with Crippen molar-refractivity contribution in [2.24, 2.45) is 0 Å². The molecule has 3 N–H and O–H groups in total. The number of esters is 1. The molecule has 1 aromatic carbocycles. The number of nitrogens with two attached hydrogens (primary N) is 1. The molecule has 1 aliphatic rings. The van der Waals surface area contributed by atoms with E-state index < -0.39 is 5.97 Å². The fourth-order valence-corrected chi connectivity index (χ4v) is 2.30. The Morgan fingerprint density at radius 1 is 1.58 bits per heavy atom. The van der Waals surface area contributed by atoms with Crippen LogP contribution >= 0.6 is 0 Å². The molecule has 1 heterocycles. The van der Waals surface area contributed by atoms with Crippen molar-refractivity contribution >= 4 is 17.3 Å². The number of nitrogen functional groups attached to an aromatic ring is 1. The van der Waals surface area contributed by atoms with Crippen LogP contribution < -0.4 is 11.1 Å². The lowest BCUT2D eigenvalue weighted by atomic mass is 10.0. The number of para-hydroxylation sites is 1. The van der Waals surface area contributed by atoms with Gasteiger partial charge in [-0.25, -0.2) is 4.79 Å². The number of methoxy groups -OCH3 is 1. The summed E-state index contributed by atoms with van der Waals surface area (Å²) in [7, 11) is 1.36. The first-order valence-corrected chi connectivity index (χ1v) is 6.40. The minimum Gasteiger partial charge on any atom is -0.465 e. The molecule has 0 amide bonds. The maximum absolute atomic E-state index is 11.7. The minimum atomic E-state index is -0.396. The van der Waals surface area contributed by atoms with Gasteiger partial charge in [0.2, 0.25) is 0 Å². The Labute approximate surface area is 113 Å². The van der Waals surface area contributed by atoms with E-state index in [4.69, 9.17) is 15.2 Å². The third kappa shape index (κ3) is 2.98. The van der Waals surface area contributed by atoms with Gasteiger partial charge in [-0.3, -0.25) is 0 Å². The summed E-state index contributed by atoms with van der Waals surface area (Å²) < 4.78 is 10.5. The summed E-state index contributed by atoms with van der Waals surface area (Å²) in [5.41, 5.74) is 7.33. The summed E-state index contributed by atoms with van der Waals surface area (Å²) in [6.07, 6.45) is 2.06. The van der Waals surface area contributed by atoms with Gasteiger partial charge in [-0.2, -0.15) is 0 Å². The third-order valence-corrected chi connectivity index (χ3v) is 3.44. The largest absolute Gasteiger partial charge is 0.465 e. The van der Waals surface area contributed by atoms with E-state index in [2.05, 4.69) is 12.2 Å². The fraction of sp³-hybridized carbons (Fsp3) is 0.500. The van der Waals surface area contributed by atoms with Gasteiger partial charge >= 0.3 is 5.97 Å². The predicted molar refractivity (Wildman–Crippen MR) is 74.3 cm³/mol. The molecule has 1 atom stereocenters. The molecule has 0 radical (unpaired) electrons. The van der Waals surface area contributed by atoms with Crippen molar-refractivity contribution < 1.29 is 14.3 Å². The standard InChI is InChI=1S/C14H20N2O3/c1-14(7-4-8-19-14)9-16-12-10(13(17)18-2)5-3-6-11(12)15/h3,5-6,16H,4,7-9,15H2,1-2H3. The van der Waals surface area contributed by atoms with Crippen molar-refractivity contribution in [3.05, 3.63) is 23.8 Å². The van der Waals surface area contributed by atoms with Crippen molar-refractivity contribution in [2.45, 2.75) is 25.4 Å². The average molecular weight is 264 g/mol. The van der Waals surface area contributed by atoms with E-state index in [1.54, 1.807) is 18.2 Å². The second-order valence-electron chi connectivity index (χ2n) is 5.02. The lowest BCUT2D eigenvalue weighted by Gasteiger charge is -2.25. The van der Waals surface area contributed by atoms with E-state index >= 15 is 0 Å². The zero-order valence-electron chi connectivity index (χ0n) is 11.4. The minimum absolute atomic E-state index is 0.199. The topological polar surface area (TPSA) is 73.6 Å². The number of carbonyl (C=O) groups is 1. The Hall–Kier alpha value is -1.75. The Kier molecular flexibility index (Phi) is 3.95. The normalized spacial score (nSPS) is 22.2. The number of hydrogen-bond acceptors (Lipinski definition) is 5. The van der Waals surface area contributed by atoms with Crippen LogP contribution in [0.25, 0.3) is 0 Å². The second-order valence-corrected chi connectivity index (χ2v) is 5.02. The molecule has 0 spiro atoms. The van der Waals surface area contributed by atoms with E-state index in [0.717, 1.165) is 19.4 Å². The highest BCUT2D eigenvalue weighted by Gasteiger charge is 2.30. The van der Waals surface area contributed by atoms with E-state index in [-0.39, 0.29) is 5.60 Å². The number of benzene rings is 1. The van der Waals surface area contributed by atoms with Crippen LogP contribution in [0.5, 0.6) is 0 Å². The van der Waals surface area contributed by atoms with Gasteiger partial charge in [0.1, 0.15) is 0 Å². The van der Waals surface area contributed by atoms with Gasteiger partial charge in [0.15, 0.2) is 0 Å². The molecule has 5 nitrogen and oxygen atoms in total. The first-order chi connectivity index (χ1) is 9.06. The van der Waals surface area contributed by atoms with Gasteiger partial charge in [-0.15, -0.1) is 0 Å². The lowest BCUT2D eigenvalue weighted by molar-refractivity contribution is 0.0314. The molecule has 0 aromatic heterocycles. The van der Waals surface area contributed by atoms with Gasteiger partial charge in [-0.1, -0.05) is 6.07 Å². The van der Waals surface area contributed by atoms with Crippen LogP contribution in [0.15, 0.2) is 18.2 Å². The zero-order chi connectivity index (χ0) is 13.9. The van der Waals surface area contributed by atoms with Gasteiger partial charge in [0, 0.05) is 13.2 Å². The fourth-order valence-electron chi connectivity index (χ4n) is 2.30. The molecule has 5 heteroatoms. The van der Waals surface area contributed by atoms with Crippen molar-refractivity contribution in [1.82, 2.24) is 0 Å². The van der Waals surface area contributed by atoms with Gasteiger partial charge in [0.05, 0.1) is 29.6 Å². The predicted octanol–water partition coefficient (Wildman–Crippen LogP) is 2.04. The van der Waals surface area contributed by atoms with Gasteiger partial charge in [-0.05, 0) is 31.9 Å². The van der Waals surface area contributed by atoms with Crippen LogP contribution in [-0.4, -0.2) is 31.8 Å². The molecular weight excluding hydrogens is 244 g/mol. The molecule has 1 aliphatic heterocycles. The Morgan fingerprint density at radius 3 is 3.00 bits per heavy atom. The quantitative estimate of drug-likeness (QED) is 0.643. The highest BCUT2D eigenvalue weighted by Crippen LogP contribution is 2.29. The number of anilines is 2. The summed E-state index contributed by atoms with van der Waals surface area (Å²) in [5.74, 6) is -0.396. The smallest absolute Gasteiger partial charge is 0.340 e. The number of carbonyl (C=O) groups excluding carboxylic acids is 1. The van der Waals surface area contributed by atoms with Crippen LogP contribution in [0.2, 0.25) is 0 Å². The van der Waals surface area contributed by atoms with Gasteiger partial charge < -0.3 is 20.5 Å². The highest BCUT2D eigenvalue weighted by molar-refractivity contribution is 5.98. The van der Waals surface area contributed by atoms with Crippen molar-refractivity contribution in [3.8, 4) is 0 Å². The Bertz CT molecular complexity index is 468. The number of rotatable bonds is 4. The Morgan fingerprint density at radius 2 is 2.37 bits per heavy atom. The van der Waals surface area contributed by atoms with E-state index in [1.807, 2.05) is 0 Å². The molecule has 1 aromatic rings. The summed E-state index contributed by atoms with van der Waals surface area (Å²) in [6, 6.07) is 5.19. The lowest BCUT2D eigenvalue weighted by Crippen LogP contribution is -2.33. The number of ether oxygens (including phenoxy) is 2. The summed E-state index contributed by atoms with van der Waals surface area (Å²) in [5, 5.41) is 3.23. The van der Waals surface area contributed by atoms with Crippen LogP contribution in [0, 0.1) is 0 Å². The van der Waals surface area contributed by atoms with E-state index in [0.29, 0.717) is 23.5 Å².